The summed E-state index contributed by atoms with van der Waals surface area (Å²) < 4.78 is 38.9. The number of benzene rings is 2. The Kier molecular flexibility index (Phi) is 4.73. The van der Waals surface area contributed by atoms with Crippen LogP contribution in [0.4, 0.5) is 8.78 Å². The average molecular weight is 398 g/mol. The standard InChI is InChI=1S/C22H16F2O3S/c1-12-6-7-28-20(12)10-19-22(25)21-13(2)8-14(9-18(21)27-19)26-11-15-16(23)4-3-5-17(15)24/h3-10H,11H2,1-2H3/b19-10-. The number of carbonyl (C=O) groups is 1. The van der Waals surface area contributed by atoms with Crippen LogP contribution in [0.5, 0.6) is 11.5 Å². The van der Waals surface area contributed by atoms with Gasteiger partial charge in [-0.25, -0.2) is 8.78 Å². The maximum absolute atomic E-state index is 13.8. The summed E-state index contributed by atoms with van der Waals surface area (Å²) in [5.41, 5.74) is 2.08. The first-order valence-corrected chi connectivity index (χ1v) is 9.50. The molecule has 0 aliphatic carbocycles. The molecule has 0 amide bonds. The Morgan fingerprint density at radius 3 is 2.54 bits per heavy atom. The van der Waals surface area contributed by atoms with Crippen LogP contribution in [0.2, 0.25) is 0 Å². The number of thiophene rings is 1. The van der Waals surface area contributed by atoms with Crippen LogP contribution in [0, 0.1) is 25.5 Å². The van der Waals surface area contributed by atoms with Crippen LogP contribution in [0.25, 0.3) is 6.08 Å². The molecule has 0 spiro atoms. The number of carbonyl (C=O) groups excluding carboxylic acids is 1. The van der Waals surface area contributed by atoms with E-state index >= 15 is 0 Å². The molecule has 3 nitrogen and oxygen atoms in total. The topological polar surface area (TPSA) is 35.5 Å². The van der Waals surface area contributed by atoms with Gasteiger partial charge in [-0.2, -0.15) is 0 Å². The number of fused-ring (bicyclic) bond motifs is 1. The SMILES string of the molecule is Cc1ccsc1/C=C1\Oc2cc(OCc3c(F)cccc3F)cc(C)c2C1=O. The molecule has 0 N–H and O–H groups in total. The van der Waals surface area contributed by atoms with Crippen molar-refractivity contribution in [2.24, 2.45) is 0 Å². The number of ketones is 1. The van der Waals surface area contributed by atoms with E-state index in [0.29, 0.717) is 22.6 Å². The Labute approximate surface area is 164 Å². The first-order valence-electron chi connectivity index (χ1n) is 8.62. The van der Waals surface area contributed by atoms with Crippen LogP contribution in [-0.4, -0.2) is 5.78 Å². The molecule has 0 radical (unpaired) electrons. The van der Waals surface area contributed by atoms with Crippen LogP contribution >= 0.6 is 11.3 Å². The minimum atomic E-state index is -0.666. The van der Waals surface area contributed by atoms with Crippen molar-refractivity contribution in [3.63, 3.8) is 0 Å². The minimum Gasteiger partial charge on any atom is -0.489 e. The van der Waals surface area contributed by atoms with E-state index in [2.05, 4.69) is 0 Å². The highest BCUT2D eigenvalue weighted by atomic mass is 32.1. The molecule has 3 aromatic rings. The number of Topliss-reactive ketones (excluding diaryl/α,β-unsaturated/α-hetero) is 1. The highest BCUT2D eigenvalue weighted by Gasteiger charge is 2.30. The summed E-state index contributed by atoms with van der Waals surface area (Å²) in [5.74, 6) is -0.510. The van der Waals surface area contributed by atoms with E-state index < -0.39 is 11.6 Å². The summed E-state index contributed by atoms with van der Waals surface area (Å²) in [5, 5.41) is 1.95. The molecule has 4 rings (SSSR count). The van der Waals surface area contributed by atoms with Gasteiger partial charge in [0.05, 0.1) is 11.1 Å². The van der Waals surface area contributed by atoms with Crippen LogP contribution in [-0.2, 0) is 6.61 Å². The van der Waals surface area contributed by atoms with Gasteiger partial charge >= 0.3 is 0 Å². The van der Waals surface area contributed by atoms with Crippen molar-refractivity contribution in [1.82, 2.24) is 0 Å². The molecule has 1 aliphatic heterocycles. The Balaban J connectivity index is 1.60. The van der Waals surface area contributed by atoms with Gasteiger partial charge in [-0.1, -0.05) is 6.07 Å². The molecule has 0 bridgehead atoms. The van der Waals surface area contributed by atoms with Gasteiger partial charge < -0.3 is 9.47 Å². The predicted octanol–water partition coefficient (Wildman–Crippen LogP) is 5.84. The predicted molar refractivity (Wildman–Crippen MR) is 104 cm³/mol. The second kappa shape index (κ2) is 7.20. The van der Waals surface area contributed by atoms with Crippen molar-refractivity contribution in [2.45, 2.75) is 20.5 Å². The largest absolute Gasteiger partial charge is 0.489 e. The van der Waals surface area contributed by atoms with Gasteiger partial charge in [-0.15, -0.1) is 11.3 Å². The molecule has 0 saturated heterocycles. The number of halogens is 2. The third-order valence-corrected chi connectivity index (χ3v) is 5.52. The number of hydrogen-bond acceptors (Lipinski definition) is 4. The first-order chi connectivity index (χ1) is 13.4. The Bertz CT molecular complexity index is 1090. The summed E-state index contributed by atoms with van der Waals surface area (Å²) in [7, 11) is 0. The van der Waals surface area contributed by atoms with Crippen LogP contribution in [0.1, 0.15) is 31.9 Å². The maximum atomic E-state index is 13.8. The summed E-state index contributed by atoms with van der Waals surface area (Å²) in [6.45, 7) is 3.48. The van der Waals surface area contributed by atoms with Crippen molar-refractivity contribution in [3.05, 3.63) is 86.3 Å². The lowest BCUT2D eigenvalue weighted by atomic mass is 10.0. The number of hydrogen-bond donors (Lipinski definition) is 0. The molecule has 142 valence electrons. The number of allylic oxidation sites excluding steroid dienone is 1. The Hall–Kier alpha value is -2.99. The lowest BCUT2D eigenvalue weighted by Gasteiger charge is -2.10. The zero-order valence-corrected chi connectivity index (χ0v) is 16.0. The van der Waals surface area contributed by atoms with Gasteiger partial charge in [-0.05, 0) is 54.6 Å². The van der Waals surface area contributed by atoms with E-state index in [4.69, 9.17) is 9.47 Å². The van der Waals surface area contributed by atoms with E-state index in [1.807, 2.05) is 18.4 Å². The van der Waals surface area contributed by atoms with Gasteiger partial charge in [-0.3, -0.25) is 4.79 Å². The van der Waals surface area contributed by atoms with Crippen LogP contribution in [0.3, 0.4) is 0 Å². The molecule has 6 heteroatoms. The van der Waals surface area contributed by atoms with Gasteiger partial charge in [0, 0.05) is 17.0 Å². The number of ether oxygens (including phenoxy) is 2. The Morgan fingerprint density at radius 2 is 1.86 bits per heavy atom. The molecular weight excluding hydrogens is 382 g/mol. The monoisotopic (exact) mass is 398 g/mol. The molecule has 2 heterocycles. The van der Waals surface area contributed by atoms with Crippen molar-refractivity contribution < 1.29 is 23.0 Å². The summed E-state index contributed by atoms with van der Waals surface area (Å²) >= 11 is 1.53. The number of rotatable bonds is 4. The zero-order chi connectivity index (χ0) is 19.8. The molecule has 0 atom stereocenters. The quantitative estimate of drug-likeness (QED) is 0.518. The highest BCUT2D eigenvalue weighted by molar-refractivity contribution is 7.11. The van der Waals surface area contributed by atoms with E-state index in [1.165, 1.54) is 29.5 Å². The molecule has 2 aromatic carbocycles. The van der Waals surface area contributed by atoms with Gasteiger partial charge in [0.2, 0.25) is 5.78 Å². The van der Waals surface area contributed by atoms with E-state index in [1.54, 1.807) is 25.1 Å². The molecule has 28 heavy (non-hydrogen) atoms. The minimum absolute atomic E-state index is 0.147. The lowest BCUT2D eigenvalue weighted by molar-refractivity contribution is 0.101. The molecule has 0 fully saturated rings. The second-order valence-corrected chi connectivity index (χ2v) is 7.46. The Morgan fingerprint density at radius 1 is 1.11 bits per heavy atom. The smallest absolute Gasteiger partial charge is 0.232 e. The van der Waals surface area contributed by atoms with Crippen molar-refractivity contribution in [3.8, 4) is 11.5 Å². The average Bonchev–Trinajstić information content (AvgIpc) is 3.18. The molecule has 0 unspecified atom stereocenters. The van der Waals surface area contributed by atoms with Gasteiger partial charge in [0.1, 0.15) is 29.7 Å². The van der Waals surface area contributed by atoms with Crippen molar-refractivity contribution in [1.29, 1.82) is 0 Å². The number of aryl methyl sites for hydroxylation is 2. The summed E-state index contributed by atoms with van der Waals surface area (Å²) in [4.78, 5) is 13.7. The second-order valence-electron chi connectivity index (χ2n) is 6.51. The third kappa shape index (κ3) is 3.31. The fraction of sp³-hybridized carbons (Fsp3) is 0.136. The fourth-order valence-corrected chi connectivity index (χ4v) is 3.89. The fourth-order valence-electron chi connectivity index (χ4n) is 3.04. The first kappa shape index (κ1) is 18.4. The van der Waals surface area contributed by atoms with Crippen molar-refractivity contribution in [2.75, 3.05) is 0 Å². The normalized spacial score (nSPS) is 14.3. The van der Waals surface area contributed by atoms with Crippen molar-refractivity contribution >= 4 is 23.2 Å². The molecule has 1 aromatic heterocycles. The summed E-state index contributed by atoms with van der Waals surface area (Å²) in [6, 6.07) is 8.88. The van der Waals surface area contributed by atoms with Gasteiger partial charge in [0.25, 0.3) is 0 Å². The highest BCUT2D eigenvalue weighted by Crippen LogP contribution is 2.38. The van der Waals surface area contributed by atoms with E-state index in [0.717, 1.165) is 10.4 Å². The molecule has 0 saturated carbocycles. The van der Waals surface area contributed by atoms with Gasteiger partial charge in [0.15, 0.2) is 5.76 Å². The third-order valence-electron chi connectivity index (χ3n) is 4.55. The van der Waals surface area contributed by atoms with E-state index in [9.17, 15) is 13.6 Å². The molecular formula is C22H16F2O3S. The van der Waals surface area contributed by atoms with Crippen LogP contribution < -0.4 is 9.47 Å². The lowest BCUT2D eigenvalue weighted by Crippen LogP contribution is -2.02. The van der Waals surface area contributed by atoms with E-state index in [-0.39, 0.29) is 23.7 Å². The van der Waals surface area contributed by atoms with Crippen LogP contribution in [0.15, 0.2) is 47.5 Å². The zero-order valence-electron chi connectivity index (χ0n) is 15.2. The molecule has 1 aliphatic rings. The summed E-state index contributed by atoms with van der Waals surface area (Å²) in [6.07, 6.45) is 1.73. The maximum Gasteiger partial charge on any atom is 0.232 e.